The number of aryl methyl sites for hydroxylation is 1. The van der Waals surface area contributed by atoms with E-state index in [1.54, 1.807) is 0 Å². The zero-order valence-electron chi connectivity index (χ0n) is 8.52. The van der Waals surface area contributed by atoms with E-state index < -0.39 is 0 Å². The molecule has 1 nitrogen and oxygen atoms in total. The van der Waals surface area contributed by atoms with Crippen molar-refractivity contribution in [1.29, 1.82) is 0 Å². The minimum Gasteiger partial charge on any atom is -0.310 e. The first kappa shape index (κ1) is 10.0. The Kier molecular flexibility index (Phi) is 3.09. The van der Waals surface area contributed by atoms with E-state index in [0.717, 1.165) is 25.3 Å². The lowest BCUT2D eigenvalue weighted by atomic mass is 9.89. The predicted octanol–water partition coefficient (Wildman–Crippen LogP) is 2.81. The summed E-state index contributed by atoms with van der Waals surface area (Å²) >= 11 is 5.81. The Balaban J connectivity index is 2.36. The number of rotatable bonds is 2. The van der Waals surface area contributed by atoms with Crippen molar-refractivity contribution >= 4 is 11.6 Å². The molecule has 0 amide bonds. The summed E-state index contributed by atoms with van der Waals surface area (Å²) in [4.78, 5) is 0. The summed E-state index contributed by atoms with van der Waals surface area (Å²) in [6.07, 6.45) is 2.18. The Hall–Kier alpha value is -0.530. The molecule has 0 bridgehead atoms. The summed E-state index contributed by atoms with van der Waals surface area (Å²) in [5.41, 5.74) is 4.38. The number of fused-ring (bicyclic) bond motifs is 1. The van der Waals surface area contributed by atoms with Crippen molar-refractivity contribution < 1.29 is 0 Å². The summed E-state index contributed by atoms with van der Waals surface area (Å²) in [7, 11) is 0. The van der Waals surface area contributed by atoms with E-state index in [9.17, 15) is 0 Å². The van der Waals surface area contributed by atoms with Crippen molar-refractivity contribution in [2.75, 3.05) is 12.4 Å². The third-order valence-electron chi connectivity index (χ3n) is 2.95. The molecule has 76 valence electrons. The quantitative estimate of drug-likeness (QED) is 0.739. The molecule has 1 aliphatic heterocycles. The molecule has 0 saturated carbocycles. The van der Waals surface area contributed by atoms with Gasteiger partial charge in [-0.1, -0.05) is 18.2 Å². The van der Waals surface area contributed by atoms with E-state index in [2.05, 4.69) is 30.4 Å². The maximum absolute atomic E-state index is 5.81. The van der Waals surface area contributed by atoms with Crippen LogP contribution in [0.15, 0.2) is 18.2 Å². The van der Waals surface area contributed by atoms with Crippen LogP contribution in [0.3, 0.4) is 0 Å². The van der Waals surface area contributed by atoms with Crippen molar-refractivity contribution in [3.63, 3.8) is 0 Å². The maximum Gasteiger partial charge on any atom is 0.0337 e. The van der Waals surface area contributed by atoms with Gasteiger partial charge in [0.15, 0.2) is 0 Å². The fourth-order valence-corrected chi connectivity index (χ4v) is 2.51. The molecule has 2 heteroatoms. The molecular formula is C12H16ClN. The summed E-state index contributed by atoms with van der Waals surface area (Å²) in [6.45, 7) is 3.27. The lowest BCUT2D eigenvalue weighted by molar-refractivity contribution is 0.492. The van der Waals surface area contributed by atoms with Gasteiger partial charge in [-0.05, 0) is 43.0 Å². The smallest absolute Gasteiger partial charge is 0.0337 e. The average molecular weight is 210 g/mol. The number of hydrogen-bond donors (Lipinski definition) is 1. The van der Waals surface area contributed by atoms with Crippen LogP contribution in [0.5, 0.6) is 0 Å². The second kappa shape index (κ2) is 4.33. The first-order valence-corrected chi connectivity index (χ1v) is 5.74. The molecule has 1 heterocycles. The Labute approximate surface area is 90.5 Å². The fraction of sp³-hybridized carbons (Fsp3) is 0.500. The third kappa shape index (κ3) is 1.79. The minimum absolute atomic E-state index is 0.470. The largest absolute Gasteiger partial charge is 0.310 e. The topological polar surface area (TPSA) is 12.0 Å². The number of benzene rings is 1. The van der Waals surface area contributed by atoms with Gasteiger partial charge in [-0.2, -0.15) is 0 Å². The molecule has 0 radical (unpaired) electrons. The number of halogens is 1. The molecule has 14 heavy (non-hydrogen) atoms. The normalized spacial score (nSPS) is 20.6. The molecule has 1 unspecified atom stereocenters. The zero-order valence-corrected chi connectivity index (χ0v) is 9.27. The van der Waals surface area contributed by atoms with Crippen molar-refractivity contribution in [3.8, 4) is 0 Å². The number of alkyl halides is 1. The molecule has 1 aliphatic rings. The second-order valence-electron chi connectivity index (χ2n) is 3.88. The van der Waals surface area contributed by atoms with E-state index in [1.165, 1.54) is 16.7 Å². The average Bonchev–Trinajstić information content (AvgIpc) is 2.19. The standard InChI is InChI=1S/C12H16ClN/c1-9-3-2-4-10-6-8-14-11(5-7-13)12(9)10/h2-4,11,14H,5-8H2,1H3. The first-order valence-electron chi connectivity index (χ1n) is 5.20. The first-order chi connectivity index (χ1) is 6.83. The highest BCUT2D eigenvalue weighted by Gasteiger charge is 2.20. The SMILES string of the molecule is Cc1cccc2c1C(CCCl)NCC2. The molecule has 1 aromatic carbocycles. The maximum atomic E-state index is 5.81. The monoisotopic (exact) mass is 209 g/mol. The van der Waals surface area contributed by atoms with Crippen molar-refractivity contribution in [2.45, 2.75) is 25.8 Å². The third-order valence-corrected chi connectivity index (χ3v) is 3.16. The summed E-state index contributed by atoms with van der Waals surface area (Å²) in [5, 5.41) is 3.53. The molecule has 0 aromatic heterocycles. The summed E-state index contributed by atoms with van der Waals surface area (Å²) < 4.78 is 0. The van der Waals surface area contributed by atoms with Crippen LogP contribution >= 0.6 is 11.6 Å². The molecule has 0 fully saturated rings. The molecule has 0 saturated heterocycles. The fourth-order valence-electron chi connectivity index (χ4n) is 2.30. The molecular weight excluding hydrogens is 194 g/mol. The van der Waals surface area contributed by atoms with E-state index in [0.29, 0.717) is 6.04 Å². The van der Waals surface area contributed by atoms with E-state index in [4.69, 9.17) is 11.6 Å². The van der Waals surface area contributed by atoms with Gasteiger partial charge in [0.25, 0.3) is 0 Å². The van der Waals surface area contributed by atoms with Crippen LogP contribution in [0.25, 0.3) is 0 Å². The van der Waals surface area contributed by atoms with Gasteiger partial charge in [-0.3, -0.25) is 0 Å². The van der Waals surface area contributed by atoms with Gasteiger partial charge in [0.05, 0.1) is 0 Å². The Bertz CT molecular complexity index is 322. The van der Waals surface area contributed by atoms with Gasteiger partial charge in [0, 0.05) is 11.9 Å². The van der Waals surface area contributed by atoms with Crippen LogP contribution in [0.4, 0.5) is 0 Å². The molecule has 2 rings (SSSR count). The van der Waals surface area contributed by atoms with Gasteiger partial charge in [-0.15, -0.1) is 11.6 Å². The highest BCUT2D eigenvalue weighted by atomic mass is 35.5. The molecule has 0 aliphatic carbocycles. The van der Waals surface area contributed by atoms with Crippen molar-refractivity contribution in [3.05, 3.63) is 34.9 Å². The number of nitrogens with one attached hydrogen (secondary N) is 1. The van der Waals surface area contributed by atoms with Crippen LogP contribution in [-0.2, 0) is 6.42 Å². The van der Waals surface area contributed by atoms with Crippen LogP contribution in [-0.4, -0.2) is 12.4 Å². The highest BCUT2D eigenvalue weighted by molar-refractivity contribution is 6.17. The van der Waals surface area contributed by atoms with Crippen LogP contribution in [0.2, 0.25) is 0 Å². The van der Waals surface area contributed by atoms with E-state index in [-0.39, 0.29) is 0 Å². The zero-order chi connectivity index (χ0) is 9.97. The summed E-state index contributed by atoms with van der Waals surface area (Å²) in [5.74, 6) is 0.728. The van der Waals surface area contributed by atoms with Gasteiger partial charge in [0.1, 0.15) is 0 Å². The highest BCUT2D eigenvalue weighted by Crippen LogP contribution is 2.28. The van der Waals surface area contributed by atoms with Gasteiger partial charge in [0.2, 0.25) is 0 Å². The van der Waals surface area contributed by atoms with Crippen LogP contribution < -0.4 is 5.32 Å². The Morgan fingerprint density at radius 3 is 3.14 bits per heavy atom. The lowest BCUT2D eigenvalue weighted by Gasteiger charge is -2.28. The van der Waals surface area contributed by atoms with Crippen LogP contribution in [0, 0.1) is 6.92 Å². The van der Waals surface area contributed by atoms with Crippen molar-refractivity contribution in [1.82, 2.24) is 5.32 Å². The van der Waals surface area contributed by atoms with E-state index in [1.807, 2.05) is 0 Å². The number of hydrogen-bond acceptors (Lipinski definition) is 1. The minimum atomic E-state index is 0.470. The van der Waals surface area contributed by atoms with Crippen molar-refractivity contribution in [2.24, 2.45) is 0 Å². The molecule has 1 atom stereocenters. The second-order valence-corrected chi connectivity index (χ2v) is 4.26. The lowest BCUT2D eigenvalue weighted by Crippen LogP contribution is -2.30. The Morgan fingerprint density at radius 1 is 1.50 bits per heavy atom. The predicted molar refractivity (Wildman–Crippen MR) is 61.0 cm³/mol. The summed E-state index contributed by atoms with van der Waals surface area (Å²) in [6, 6.07) is 7.05. The van der Waals surface area contributed by atoms with Gasteiger partial charge < -0.3 is 5.32 Å². The molecule has 1 N–H and O–H groups in total. The van der Waals surface area contributed by atoms with Crippen LogP contribution in [0.1, 0.15) is 29.2 Å². The van der Waals surface area contributed by atoms with Gasteiger partial charge in [-0.25, -0.2) is 0 Å². The van der Waals surface area contributed by atoms with Gasteiger partial charge >= 0.3 is 0 Å². The van der Waals surface area contributed by atoms with E-state index >= 15 is 0 Å². The molecule has 1 aromatic rings. The Morgan fingerprint density at radius 2 is 2.36 bits per heavy atom. The molecule has 0 spiro atoms.